The fourth-order valence-electron chi connectivity index (χ4n) is 1.95. The lowest BCUT2D eigenvalue weighted by Crippen LogP contribution is -2.21. The summed E-state index contributed by atoms with van der Waals surface area (Å²) in [7, 11) is 0. The van der Waals surface area contributed by atoms with Crippen LogP contribution in [0, 0.1) is 0 Å². The molecule has 0 aliphatic carbocycles. The van der Waals surface area contributed by atoms with Crippen molar-refractivity contribution >= 4 is 0 Å². The SMILES string of the molecule is CC(CNCCCc1ncn[nH]1)c1ccccc1. The molecular formula is C14H20N4. The lowest BCUT2D eigenvalue weighted by atomic mass is 10.0. The summed E-state index contributed by atoms with van der Waals surface area (Å²) in [6.07, 6.45) is 3.59. The molecule has 1 atom stereocenters. The Hall–Kier alpha value is -1.68. The van der Waals surface area contributed by atoms with Crippen molar-refractivity contribution in [2.75, 3.05) is 13.1 Å². The van der Waals surface area contributed by atoms with Crippen LogP contribution in [0.25, 0.3) is 0 Å². The molecule has 0 aliphatic heterocycles. The number of hydrogen-bond acceptors (Lipinski definition) is 3. The first-order valence-corrected chi connectivity index (χ1v) is 6.46. The van der Waals surface area contributed by atoms with Gasteiger partial charge in [-0.3, -0.25) is 5.10 Å². The average Bonchev–Trinajstić information content (AvgIpc) is 2.92. The highest BCUT2D eigenvalue weighted by molar-refractivity contribution is 5.18. The van der Waals surface area contributed by atoms with Crippen molar-refractivity contribution in [3.63, 3.8) is 0 Å². The minimum atomic E-state index is 0.552. The predicted molar refractivity (Wildman–Crippen MR) is 72.4 cm³/mol. The number of aryl methyl sites for hydroxylation is 1. The molecule has 0 saturated carbocycles. The zero-order valence-corrected chi connectivity index (χ0v) is 10.8. The number of rotatable bonds is 7. The van der Waals surface area contributed by atoms with Gasteiger partial charge in [0.1, 0.15) is 12.2 Å². The summed E-state index contributed by atoms with van der Waals surface area (Å²) in [5.41, 5.74) is 1.39. The van der Waals surface area contributed by atoms with Gasteiger partial charge < -0.3 is 5.32 Å². The Morgan fingerprint density at radius 3 is 2.83 bits per heavy atom. The Bertz CT molecular complexity index is 424. The molecule has 0 radical (unpaired) electrons. The zero-order valence-electron chi connectivity index (χ0n) is 10.8. The Kier molecular flexibility index (Phi) is 4.90. The molecular weight excluding hydrogens is 224 g/mol. The molecule has 2 N–H and O–H groups in total. The molecule has 1 aromatic carbocycles. The molecule has 0 amide bonds. The quantitative estimate of drug-likeness (QED) is 0.734. The van der Waals surface area contributed by atoms with Crippen LogP contribution in [0.15, 0.2) is 36.7 Å². The van der Waals surface area contributed by atoms with E-state index in [0.717, 1.165) is 31.8 Å². The molecule has 0 bridgehead atoms. The van der Waals surface area contributed by atoms with Gasteiger partial charge in [-0.1, -0.05) is 37.3 Å². The maximum atomic E-state index is 4.10. The number of hydrogen-bond donors (Lipinski definition) is 2. The van der Waals surface area contributed by atoms with Crippen molar-refractivity contribution in [1.29, 1.82) is 0 Å². The van der Waals surface area contributed by atoms with Crippen LogP contribution in [0.4, 0.5) is 0 Å². The summed E-state index contributed by atoms with van der Waals surface area (Å²) in [6.45, 7) is 4.27. The Labute approximate surface area is 108 Å². The zero-order chi connectivity index (χ0) is 12.6. The summed E-state index contributed by atoms with van der Waals surface area (Å²) in [6, 6.07) is 10.6. The van der Waals surface area contributed by atoms with Gasteiger partial charge in [0.25, 0.3) is 0 Å². The monoisotopic (exact) mass is 244 g/mol. The van der Waals surface area contributed by atoms with Crippen molar-refractivity contribution in [3.05, 3.63) is 48.0 Å². The minimum Gasteiger partial charge on any atom is -0.316 e. The number of aromatic nitrogens is 3. The van der Waals surface area contributed by atoms with Gasteiger partial charge in [-0.2, -0.15) is 5.10 Å². The van der Waals surface area contributed by atoms with Gasteiger partial charge in [-0.25, -0.2) is 4.98 Å². The number of H-pyrrole nitrogens is 1. The van der Waals surface area contributed by atoms with Gasteiger partial charge in [0, 0.05) is 13.0 Å². The van der Waals surface area contributed by atoms with Crippen LogP contribution in [-0.2, 0) is 6.42 Å². The summed E-state index contributed by atoms with van der Waals surface area (Å²) < 4.78 is 0. The second-order valence-corrected chi connectivity index (χ2v) is 4.55. The number of nitrogens with zero attached hydrogens (tertiary/aromatic N) is 2. The molecule has 2 aromatic rings. The number of nitrogens with one attached hydrogen (secondary N) is 2. The molecule has 1 heterocycles. The maximum Gasteiger partial charge on any atom is 0.137 e. The van der Waals surface area contributed by atoms with Gasteiger partial charge in [0.05, 0.1) is 0 Å². The van der Waals surface area contributed by atoms with E-state index in [1.165, 1.54) is 5.56 Å². The standard InChI is InChI=1S/C14H20N4/c1-12(13-6-3-2-4-7-13)10-15-9-5-8-14-16-11-17-18-14/h2-4,6-7,11-12,15H,5,8-10H2,1H3,(H,16,17,18). The topological polar surface area (TPSA) is 53.6 Å². The van der Waals surface area contributed by atoms with Gasteiger partial charge in [0.2, 0.25) is 0 Å². The van der Waals surface area contributed by atoms with E-state index in [-0.39, 0.29) is 0 Å². The third kappa shape index (κ3) is 3.96. The van der Waals surface area contributed by atoms with Crippen molar-refractivity contribution in [2.45, 2.75) is 25.7 Å². The Morgan fingerprint density at radius 2 is 2.11 bits per heavy atom. The summed E-state index contributed by atoms with van der Waals surface area (Å²) in [5, 5.41) is 10.2. The highest BCUT2D eigenvalue weighted by Crippen LogP contribution is 2.12. The minimum absolute atomic E-state index is 0.552. The van der Waals surface area contributed by atoms with Crippen LogP contribution in [0.3, 0.4) is 0 Å². The van der Waals surface area contributed by atoms with Gasteiger partial charge in [-0.05, 0) is 24.4 Å². The van der Waals surface area contributed by atoms with E-state index in [1.54, 1.807) is 6.33 Å². The second kappa shape index (κ2) is 6.91. The molecule has 0 fully saturated rings. The fourth-order valence-corrected chi connectivity index (χ4v) is 1.95. The van der Waals surface area contributed by atoms with Crippen LogP contribution in [0.1, 0.15) is 30.7 Å². The summed E-state index contributed by atoms with van der Waals surface area (Å²) in [4.78, 5) is 4.10. The normalized spacial score (nSPS) is 12.5. The van der Waals surface area contributed by atoms with Gasteiger partial charge in [-0.15, -0.1) is 0 Å². The van der Waals surface area contributed by atoms with Crippen LogP contribution in [0.5, 0.6) is 0 Å². The van der Waals surface area contributed by atoms with Crippen molar-refractivity contribution in [3.8, 4) is 0 Å². The van der Waals surface area contributed by atoms with Crippen LogP contribution >= 0.6 is 0 Å². The lowest BCUT2D eigenvalue weighted by Gasteiger charge is -2.12. The average molecular weight is 244 g/mol. The third-order valence-corrected chi connectivity index (χ3v) is 3.05. The molecule has 4 nitrogen and oxygen atoms in total. The maximum absolute atomic E-state index is 4.10. The van der Waals surface area contributed by atoms with Crippen LogP contribution in [-0.4, -0.2) is 28.3 Å². The van der Waals surface area contributed by atoms with Gasteiger partial charge in [0.15, 0.2) is 0 Å². The van der Waals surface area contributed by atoms with E-state index in [1.807, 2.05) is 0 Å². The molecule has 2 rings (SSSR count). The van der Waals surface area contributed by atoms with E-state index in [2.05, 4.69) is 57.8 Å². The first kappa shape index (κ1) is 12.8. The first-order chi connectivity index (χ1) is 8.86. The third-order valence-electron chi connectivity index (χ3n) is 3.05. The van der Waals surface area contributed by atoms with E-state index >= 15 is 0 Å². The number of benzene rings is 1. The van der Waals surface area contributed by atoms with E-state index in [9.17, 15) is 0 Å². The highest BCUT2D eigenvalue weighted by Gasteiger charge is 2.03. The largest absolute Gasteiger partial charge is 0.316 e. The molecule has 1 unspecified atom stereocenters. The van der Waals surface area contributed by atoms with Crippen LogP contribution < -0.4 is 5.32 Å². The Balaban J connectivity index is 1.61. The van der Waals surface area contributed by atoms with E-state index in [4.69, 9.17) is 0 Å². The Morgan fingerprint density at radius 1 is 1.28 bits per heavy atom. The lowest BCUT2D eigenvalue weighted by molar-refractivity contribution is 0.591. The van der Waals surface area contributed by atoms with E-state index in [0.29, 0.717) is 5.92 Å². The summed E-state index contributed by atoms with van der Waals surface area (Å²) >= 11 is 0. The molecule has 0 spiro atoms. The van der Waals surface area contributed by atoms with E-state index < -0.39 is 0 Å². The first-order valence-electron chi connectivity index (χ1n) is 6.46. The fraction of sp³-hybridized carbons (Fsp3) is 0.429. The second-order valence-electron chi connectivity index (χ2n) is 4.55. The molecule has 1 aromatic heterocycles. The van der Waals surface area contributed by atoms with Gasteiger partial charge >= 0.3 is 0 Å². The van der Waals surface area contributed by atoms with Crippen LogP contribution in [0.2, 0.25) is 0 Å². The molecule has 96 valence electrons. The number of aromatic amines is 1. The molecule has 18 heavy (non-hydrogen) atoms. The molecule has 0 saturated heterocycles. The van der Waals surface area contributed by atoms with Crippen molar-refractivity contribution in [1.82, 2.24) is 20.5 Å². The highest BCUT2D eigenvalue weighted by atomic mass is 15.2. The van der Waals surface area contributed by atoms with Crippen molar-refractivity contribution in [2.24, 2.45) is 0 Å². The molecule has 0 aliphatic rings. The molecule has 4 heteroatoms. The predicted octanol–water partition coefficient (Wildman–Crippen LogP) is 2.13. The van der Waals surface area contributed by atoms with Crippen molar-refractivity contribution < 1.29 is 0 Å². The smallest absolute Gasteiger partial charge is 0.137 e. The summed E-state index contributed by atoms with van der Waals surface area (Å²) in [5.74, 6) is 1.52.